The number of carbonyl (C=O) groups excluding carboxylic acids is 2. The van der Waals surface area contributed by atoms with Crippen LogP contribution in [0.4, 0.5) is 5.69 Å². The molecule has 1 aromatic heterocycles. The van der Waals surface area contributed by atoms with Gasteiger partial charge in [-0.15, -0.1) is 0 Å². The Balaban J connectivity index is 1.38. The highest BCUT2D eigenvalue weighted by Gasteiger charge is 2.39. The maximum atomic E-state index is 13.2. The van der Waals surface area contributed by atoms with Crippen LogP contribution in [0.1, 0.15) is 39.1 Å². The average molecular weight is 466 g/mol. The van der Waals surface area contributed by atoms with Crippen molar-refractivity contribution in [2.75, 3.05) is 38.0 Å². The van der Waals surface area contributed by atoms with Gasteiger partial charge in [0.1, 0.15) is 0 Å². The van der Waals surface area contributed by atoms with E-state index in [0.717, 1.165) is 85.9 Å². The van der Waals surface area contributed by atoms with Crippen LogP contribution in [-0.4, -0.2) is 60.0 Å². The Morgan fingerprint density at radius 2 is 1.86 bits per heavy atom. The van der Waals surface area contributed by atoms with E-state index in [1.165, 1.54) is 22.1 Å². The number of carbonyl (C=O) groups is 2. The number of allylic oxidation sites excluding steroid dienone is 2. The molecule has 1 aromatic carbocycles. The Hall–Kier alpha value is -3.42. The number of aryl methyl sites for hydroxylation is 1. The summed E-state index contributed by atoms with van der Waals surface area (Å²) >= 11 is 0. The van der Waals surface area contributed by atoms with Crippen LogP contribution >= 0.6 is 0 Å². The fraction of sp³-hybridized carbons (Fsp3) is 0.357. The molecule has 1 unspecified atom stereocenters. The van der Waals surface area contributed by atoms with Crippen molar-refractivity contribution in [2.45, 2.75) is 31.8 Å². The lowest BCUT2D eigenvalue weighted by molar-refractivity contribution is 0.0880. The van der Waals surface area contributed by atoms with Crippen LogP contribution < -0.4 is 26.5 Å². The molecule has 2 aromatic rings. The van der Waals surface area contributed by atoms with Gasteiger partial charge in [-0.1, -0.05) is 30.4 Å². The molecule has 7 heteroatoms. The van der Waals surface area contributed by atoms with Crippen LogP contribution in [0.2, 0.25) is 0 Å². The summed E-state index contributed by atoms with van der Waals surface area (Å²) in [6, 6.07) is 0.0102. The van der Waals surface area contributed by atoms with Crippen LogP contribution in [0, 0.1) is 0 Å². The summed E-state index contributed by atoms with van der Waals surface area (Å²) in [6.45, 7) is 6.05. The summed E-state index contributed by atoms with van der Waals surface area (Å²) in [6.07, 6.45) is 14.1. The molecule has 3 N–H and O–H groups in total. The third kappa shape index (κ3) is 2.62. The summed E-state index contributed by atoms with van der Waals surface area (Å²) in [5.74, 6) is -0.527. The zero-order valence-electron chi connectivity index (χ0n) is 19.5. The van der Waals surface area contributed by atoms with Crippen LogP contribution in [0.25, 0.3) is 22.0 Å². The predicted molar refractivity (Wildman–Crippen MR) is 136 cm³/mol. The van der Waals surface area contributed by atoms with Crippen molar-refractivity contribution < 1.29 is 9.59 Å². The maximum Gasteiger partial charge on any atom is 0.259 e. The van der Waals surface area contributed by atoms with Crippen molar-refractivity contribution in [3.8, 4) is 0 Å². The van der Waals surface area contributed by atoms with Crippen molar-refractivity contribution in [1.29, 1.82) is 0 Å². The first-order chi connectivity index (χ1) is 17.2. The molecule has 0 bridgehead atoms. The van der Waals surface area contributed by atoms with Gasteiger partial charge in [0, 0.05) is 55.2 Å². The first-order valence-electron chi connectivity index (χ1n) is 12.8. The number of hydrogen-bond acceptors (Lipinski definition) is 5. The molecule has 8 rings (SSSR count). The molecule has 0 radical (unpaired) electrons. The van der Waals surface area contributed by atoms with E-state index in [-0.39, 0.29) is 17.9 Å². The van der Waals surface area contributed by atoms with Gasteiger partial charge >= 0.3 is 0 Å². The van der Waals surface area contributed by atoms with Crippen LogP contribution in [0.15, 0.2) is 36.0 Å². The van der Waals surface area contributed by atoms with E-state index >= 15 is 0 Å². The number of nitrogens with zero attached hydrogens (tertiary/aromatic N) is 2. The number of benzene rings is 1. The lowest BCUT2D eigenvalue weighted by atomic mass is 9.92. The van der Waals surface area contributed by atoms with E-state index in [1.54, 1.807) is 0 Å². The third-order valence-electron chi connectivity index (χ3n) is 8.45. The lowest BCUT2D eigenvalue weighted by Gasteiger charge is -2.28. The van der Waals surface area contributed by atoms with Crippen LogP contribution in [0.5, 0.6) is 0 Å². The van der Waals surface area contributed by atoms with Gasteiger partial charge in [-0.25, -0.2) is 0 Å². The summed E-state index contributed by atoms with van der Waals surface area (Å²) in [5, 5.41) is 13.0. The van der Waals surface area contributed by atoms with Gasteiger partial charge < -0.3 is 15.2 Å². The number of amides is 2. The van der Waals surface area contributed by atoms with Gasteiger partial charge in [-0.3, -0.25) is 19.8 Å². The van der Waals surface area contributed by atoms with Crippen molar-refractivity contribution in [3.63, 3.8) is 0 Å². The Morgan fingerprint density at radius 1 is 1.00 bits per heavy atom. The number of fused-ring (bicyclic) bond motifs is 9. The topological polar surface area (TPSA) is 78.4 Å². The number of anilines is 1. The van der Waals surface area contributed by atoms with Gasteiger partial charge in [0.2, 0.25) is 0 Å². The maximum absolute atomic E-state index is 13.2. The van der Waals surface area contributed by atoms with Crippen molar-refractivity contribution in [2.24, 2.45) is 0 Å². The molecule has 176 valence electrons. The van der Waals surface area contributed by atoms with Crippen molar-refractivity contribution in [3.05, 3.63) is 63.2 Å². The molecule has 1 fully saturated rings. The number of hydrogen-bond donors (Lipinski definition) is 3. The minimum absolute atomic E-state index is 0.0102. The molecule has 0 spiro atoms. The quantitative estimate of drug-likeness (QED) is 0.576. The first-order valence-corrected chi connectivity index (χ1v) is 12.8. The molecular formula is C28H27N5O2. The Labute approximate surface area is 202 Å². The van der Waals surface area contributed by atoms with E-state index in [1.807, 2.05) is 0 Å². The number of imide groups is 1. The fourth-order valence-electron chi connectivity index (χ4n) is 7.03. The largest absolute Gasteiger partial charge is 0.372 e. The fourth-order valence-corrected chi connectivity index (χ4v) is 7.03. The molecule has 2 amide bonds. The van der Waals surface area contributed by atoms with Crippen molar-refractivity contribution in [1.82, 2.24) is 20.1 Å². The Morgan fingerprint density at radius 3 is 2.74 bits per heavy atom. The monoisotopic (exact) mass is 465 g/mol. The Bertz CT molecular complexity index is 1600. The molecule has 0 saturated carbocycles. The molecule has 1 saturated heterocycles. The number of nitrogens with one attached hydrogen (secondary N) is 3. The lowest BCUT2D eigenvalue weighted by Crippen LogP contribution is -2.44. The zero-order valence-corrected chi connectivity index (χ0v) is 19.5. The van der Waals surface area contributed by atoms with Crippen molar-refractivity contribution >= 4 is 39.6 Å². The molecule has 5 heterocycles. The van der Waals surface area contributed by atoms with Crippen LogP contribution in [0.3, 0.4) is 0 Å². The van der Waals surface area contributed by atoms with Crippen LogP contribution in [-0.2, 0) is 13.0 Å². The highest BCUT2D eigenvalue weighted by molar-refractivity contribution is 6.29. The SMILES string of the molecule is O=C1NC(=O)c2c1c1c(c3c2c2c4n3CCCC=4C=CC2)NC2C=C(CN3CCNCC3)C=CC=12. The highest BCUT2D eigenvalue weighted by atomic mass is 16.2. The second-order valence-electron chi connectivity index (χ2n) is 10.4. The second-order valence-corrected chi connectivity index (χ2v) is 10.4. The van der Waals surface area contributed by atoms with Gasteiger partial charge in [0.05, 0.1) is 28.4 Å². The second kappa shape index (κ2) is 7.06. The van der Waals surface area contributed by atoms with Gasteiger partial charge in [0.25, 0.3) is 11.8 Å². The van der Waals surface area contributed by atoms with E-state index in [2.05, 4.69) is 55.8 Å². The minimum atomic E-state index is -0.269. The van der Waals surface area contributed by atoms with Gasteiger partial charge in [-0.05, 0) is 41.5 Å². The normalized spacial score (nSPS) is 24.2. The smallest absolute Gasteiger partial charge is 0.259 e. The summed E-state index contributed by atoms with van der Waals surface area (Å²) < 4.78 is 2.42. The standard InChI is InChI=1S/C28H27N5O2/c34-27-22-20-17-7-6-15(14-32-11-8-29-9-12-32)13-19(17)30-24(20)26-21(23(22)28(35)31-27)18-5-1-3-16-4-2-10-33(26)25(16)18/h1,3,6-7,13,19,29-30H,2,4-5,8-12,14H2,(H,31,34,35). The van der Waals surface area contributed by atoms with Gasteiger partial charge in [0.15, 0.2) is 0 Å². The third-order valence-corrected chi connectivity index (χ3v) is 8.45. The molecule has 2 aliphatic carbocycles. The Kier molecular flexibility index (Phi) is 4.00. The van der Waals surface area contributed by atoms with Gasteiger partial charge in [-0.2, -0.15) is 0 Å². The predicted octanol–water partition coefficient (Wildman–Crippen LogP) is 0.928. The number of rotatable bonds is 2. The molecular weight excluding hydrogens is 438 g/mol. The van der Waals surface area contributed by atoms with E-state index < -0.39 is 0 Å². The van der Waals surface area contributed by atoms with E-state index in [4.69, 9.17) is 0 Å². The summed E-state index contributed by atoms with van der Waals surface area (Å²) in [7, 11) is 0. The summed E-state index contributed by atoms with van der Waals surface area (Å²) in [4.78, 5) is 28.8. The molecule has 7 nitrogen and oxygen atoms in total. The molecule has 35 heavy (non-hydrogen) atoms. The first kappa shape index (κ1) is 19.8. The summed E-state index contributed by atoms with van der Waals surface area (Å²) in [5.41, 5.74) is 8.19. The minimum Gasteiger partial charge on any atom is -0.372 e. The zero-order chi connectivity index (χ0) is 23.3. The van der Waals surface area contributed by atoms with E-state index in [0.29, 0.717) is 11.1 Å². The average Bonchev–Trinajstić information content (AvgIpc) is 3.50. The number of aromatic nitrogens is 1. The molecule has 1 atom stereocenters. The highest BCUT2D eigenvalue weighted by Crippen LogP contribution is 2.39. The van der Waals surface area contributed by atoms with E-state index in [9.17, 15) is 9.59 Å². The molecule has 4 aliphatic heterocycles. The molecule has 6 aliphatic rings. The number of piperazine rings is 1.